The van der Waals surface area contributed by atoms with Crippen molar-refractivity contribution in [3.05, 3.63) is 46.6 Å². The topological polar surface area (TPSA) is 104 Å². The van der Waals surface area contributed by atoms with E-state index in [1.54, 1.807) is 25.1 Å². The fraction of sp³-hybridized carbons (Fsp3) is 0.400. The first-order valence-electron chi connectivity index (χ1n) is 8.71. The summed E-state index contributed by atoms with van der Waals surface area (Å²) < 4.78 is 21.7. The molecule has 1 aromatic rings. The molecule has 0 spiro atoms. The van der Waals surface area contributed by atoms with E-state index < -0.39 is 11.9 Å². The maximum absolute atomic E-state index is 12.8. The zero-order valence-corrected chi connectivity index (χ0v) is 16.0. The molecule has 0 radical (unpaired) electrons. The predicted octanol–water partition coefficient (Wildman–Crippen LogP) is 3.13. The molecule has 1 unspecified atom stereocenters. The van der Waals surface area contributed by atoms with Gasteiger partial charge in [0.25, 0.3) is 0 Å². The molecule has 27 heavy (non-hydrogen) atoms. The highest BCUT2D eigenvalue weighted by atomic mass is 16.5. The summed E-state index contributed by atoms with van der Waals surface area (Å²) in [6, 6.07) is 7.25. The Morgan fingerprint density at radius 3 is 2.59 bits per heavy atom. The molecule has 1 atom stereocenters. The SMILES string of the molecule is CCCC1=C(C(=O)OCC)C(c2cc(OC)ccc2OC)C(C#N)=C(N)O1. The maximum atomic E-state index is 12.8. The first kappa shape index (κ1) is 20.2. The molecule has 1 aliphatic heterocycles. The number of rotatable bonds is 7. The van der Waals surface area contributed by atoms with Crippen molar-refractivity contribution < 1.29 is 23.7 Å². The van der Waals surface area contributed by atoms with Crippen molar-refractivity contribution in [2.24, 2.45) is 5.73 Å². The smallest absolute Gasteiger partial charge is 0.338 e. The Labute approximate surface area is 159 Å². The molecule has 1 aromatic carbocycles. The molecular formula is C20H24N2O5. The molecule has 0 saturated carbocycles. The van der Waals surface area contributed by atoms with Crippen LogP contribution in [0.25, 0.3) is 0 Å². The number of nitrogens with two attached hydrogens (primary N) is 1. The van der Waals surface area contributed by atoms with Crippen LogP contribution in [0.4, 0.5) is 0 Å². The summed E-state index contributed by atoms with van der Waals surface area (Å²) in [6.07, 6.45) is 1.21. The van der Waals surface area contributed by atoms with Gasteiger partial charge in [-0.15, -0.1) is 0 Å². The number of benzene rings is 1. The van der Waals surface area contributed by atoms with Gasteiger partial charge < -0.3 is 24.7 Å². The van der Waals surface area contributed by atoms with E-state index in [0.29, 0.717) is 29.2 Å². The van der Waals surface area contributed by atoms with Gasteiger partial charge in [0.15, 0.2) is 0 Å². The van der Waals surface area contributed by atoms with Crippen molar-refractivity contribution in [1.82, 2.24) is 0 Å². The molecule has 144 valence electrons. The number of nitrogens with zero attached hydrogens (tertiary/aromatic N) is 1. The average molecular weight is 372 g/mol. The van der Waals surface area contributed by atoms with Crippen molar-refractivity contribution >= 4 is 5.97 Å². The van der Waals surface area contributed by atoms with Gasteiger partial charge in [0.1, 0.15) is 28.9 Å². The monoisotopic (exact) mass is 372 g/mol. The summed E-state index contributed by atoms with van der Waals surface area (Å²) in [6.45, 7) is 3.88. The molecule has 1 heterocycles. The van der Waals surface area contributed by atoms with Crippen molar-refractivity contribution in [2.45, 2.75) is 32.6 Å². The zero-order valence-electron chi connectivity index (χ0n) is 16.0. The van der Waals surface area contributed by atoms with E-state index in [-0.39, 0.29) is 23.6 Å². The Morgan fingerprint density at radius 1 is 1.30 bits per heavy atom. The van der Waals surface area contributed by atoms with Gasteiger partial charge in [-0.25, -0.2) is 4.79 Å². The van der Waals surface area contributed by atoms with Crippen molar-refractivity contribution in [3.63, 3.8) is 0 Å². The van der Waals surface area contributed by atoms with Crippen LogP contribution in [0.15, 0.2) is 41.0 Å². The average Bonchev–Trinajstić information content (AvgIpc) is 2.67. The van der Waals surface area contributed by atoms with E-state index in [9.17, 15) is 10.1 Å². The number of allylic oxidation sites excluding steroid dienone is 2. The van der Waals surface area contributed by atoms with Gasteiger partial charge in [-0.3, -0.25) is 0 Å². The van der Waals surface area contributed by atoms with Gasteiger partial charge in [-0.1, -0.05) is 6.92 Å². The maximum Gasteiger partial charge on any atom is 0.338 e. The lowest BCUT2D eigenvalue weighted by molar-refractivity contribution is -0.139. The van der Waals surface area contributed by atoms with Crippen molar-refractivity contribution in [2.75, 3.05) is 20.8 Å². The van der Waals surface area contributed by atoms with Crippen LogP contribution in [0.5, 0.6) is 11.5 Å². The summed E-state index contributed by atoms with van der Waals surface area (Å²) in [5.74, 6) is 0.131. The highest BCUT2D eigenvalue weighted by Crippen LogP contribution is 2.44. The third-order valence-corrected chi connectivity index (χ3v) is 4.22. The van der Waals surface area contributed by atoms with Crippen LogP contribution < -0.4 is 15.2 Å². The molecule has 2 rings (SSSR count). The van der Waals surface area contributed by atoms with Crippen molar-refractivity contribution in [1.29, 1.82) is 5.26 Å². The number of ether oxygens (including phenoxy) is 4. The van der Waals surface area contributed by atoms with E-state index >= 15 is 0 Å². The molecule has 7 heteroatoms. The van der Waals surface area contributed by atoms with Gasteiger partial charge in [0.05, 0.1) is 32.3 Å². The van der Waals surface area contributed by atoms with Gasteiger partial charge in [-0.2, -0.15) is 5.26 Å². The van der Waals surface area contributed by atoms with Crippen LogP contribution in [0.1, 0.15) is 38.2 Å². The lowest BCUT2D eigenvalue weighted by atomic mass is 9.81. The lowest BCUT2D eigenvalue weighted by Gasteiger charge is -2.29. The largest absolute Gasteiger partial charge is 0.497 e. The van der Waals surface area contributed by atoms with Crippen LogP contribution in [0.2, 0.25) is 0 Å². The third kappa shape index (κ3) is 4.00. The quantitative estimate of drug-likeness (QED) is 0.733. The Kier molecular flexibility index (Phi) is 6.72. The molecule has 0 aromatic heterocycles. The van der Waals surface area contributed by atoms with Crippen LogP contribution in [0, 0.1) is 11.3 Å². The fourth-order valence-electron chi connectivity index (χ4n) is 3.04. The summed E-state index contributed by atoms with van der Waals surface area (Å²) in [5, 5.41) is 9.71. The molecule has 0 bridgehead atoms. The number of nitriles is 1. The summed E-state index contributed by atoms with van der Waals surface area (Å²) in [7, 11) is 3.06. The molecule has 0 fully saturated rings. The van der Waals surface area contributed by atoms with Gasteiger partial charge in [0.2, 0.25) is 5.88 Å². The van der Waals surface area contributed by atoms with Crippen LogP contribution in [0.3, 0.4) is 0 Å². The van der Waals surface area contributed by atoms with Crippen LogP contribution in [-0.2, 0) is 14.3 Å². The summed E-state index contributed by atoms with van der Waals surface area (Å²) >= 11 is 0. The first-order valence-corrected chi connectivity index (χ1v) is 8.71. The van der Waals surface area contributed by atoms with Gasteiger partial charge in [-0.05, 0) is 31.5 Å². The Hall–Kier alpha value is -3.14. The number of carbonyl (C=O) groups excluding carboxylic acids is 1. The van der Waals surface area contributed by atoms with Crippen molar-refractivity contribution in [3.8, 4) is 17.6 Å². The molecular weight excluding hydrogens is 348 g/mol. The van der Waals surface area contributed by atoms with E-state index in [4.69, 9.17) is 24.7 Å². The second kappa shape index (κ2) is 8.99. The molecule has 0 amide bonds. The van der Waals surface area contributed by atoms with Gasteiger partial charge >= 0.3 is 5.97 Å². The minimum atomic E-state index is -0.769. The Bertz CT molecular complexity index is 820. The number of methoxy groups -OCH3 is 2. The van der Waals surface area contributed by atoms with Gasteiger partial charge in [0, 0.05) is 12.0 Å². The number of esters is 1. The fourth-order valence-corrected chi connectivity index (χ4v) is 3.04. The Balaban J connectivity index is 2.77. The summed E-state index contributed by atoms with van der Waals surface area (Å²) in [4.78, 5) is 12.8. The molecule has 1 aliphatic rings. The lowest BCUT2D eigenvalue weighted by Crippen LogP contribution is -2.26. The molecule has 7 nitrogen and oxygen atoms in total. The molecule has 2 N–H and O–H groups in total. The molecule has 0 aliphatic carbocycles. The van der Waals surface area contributed by atoms with E-state index in [0.717, 1.165) is 6.42 Å². The second-order valence-corrected chi connectivity index (χ2v) is 5.84. The van der Waals surface area contributed by atoms with Crippen LogP contribution in [-0.4, -0.2) is 26.8 Å². The second-order valence-electron chi connectivity index (χ2n) is 5.84. The first-order chi connectivity index (χ1) is 13.0. The Morgan fingerprint density at radius 2 is 2.04 bits per heavy atom. The third-order valence-electron chi connectivity index (χ3n) is 4.22. The molecule has 0 saturated heterocycles. The van der Waals surface area contributed by atoms with E-state index in [1.807, 2.05) is 6.92 Å². The van der Waals surface area contributed by atoms with E-state index in [1.165, 1.54) is 14.2 Å². The predicted molar refractivity (Wildman–Crippen MR) is 98.8 cm³/mol. The normalized spacial score (nSPS) is 16.5. The zero-order chi connectivity index (χ0) is 20.0. The standard InChI is InChI=1S/C20H24N2O5/c1-5-7-16-18(20(23)26-6-2)17(14(11-21)19(22)27-16)13-10-12(24-3)8-9-15(13)25-4/h8-10,17H,5-7,22H2,1-4H3. The number of hydrogen-bond donors (Lipinski definition) is 1. The highest BCUT2D eigenvalue weighted by molar-refractivity contribution is 5.93. The van der Waals surface area contributed by atoms with E-state index in [2.05, 4.69) is 6.07 Å². The number of carbonyl (C=O) groups is 1. The minimum Gasteiger partial charge on any atom is -0.497 e. The van der Waals surface area contributed by atoms with Crippen LogP contribution >= 0.6 is 0 Å². The highest BCUT2D eigenvalue weighted by Gasteiger charge is 2.39. The minimum absolute atomic E-state index is 0.0242. The number of hydrogen-bond acceptors (Lipinski definition) is 7. The summed E-state index contributed by atoms with van der Waals surface area (Å²) in [5.41, 5.74) is 6.98.